The minimum atomic E-state index is -0.813. The third kappa shape index (κ3) is 3.71. The van der Waals surface area contributed by atoms with E-state index in [2.05, 4.69) is 27.7 Å². The predicted octanol–water partition coefficient (Wildman–Crippen LogP) is 5.62. The van der Waals surface area contributed by atoms with Gasteiger partial charge in [0.05, 0.1) is 5.60 Å². The Morgan fingerprint density at radius 3 is 2.52 bits per heavy atom. The van der Waals surface area contributed by atoms with Gasteiger partial charge in [0.1, 0.15) is 6.10 Å². The van der Waals surface area contributed by atoms with Crippen LogP contribution in [0, 0.1) is 34.0 Å². The SMILES string of the molecule is CC(=O)O[C@@H]1C[C@@]2(C)C[C@@](O)([C@H]3CC=C(C)C(=O)C3)CC[C@@H]2[C@@]2(C)CCCC(C)(C)[C@H]12. The van der Waals surface area contributed by atoms with Crippen molar-refractivity contribution in [2.75, 3.05) is 0 Å². The maximum absolute atomic E-state index is 12.4. The number of hydrogen-bond acceptors (Lipinski definition) is 4. The fraction of sp³-hybridized carbons (Fsp3) is 0.852. The van der Waals surface area contributed by atoms with Gasteiger partial charge in [0.2, 0.25) is 0 Å². The molecule has 0 aliphatic heterocycles. The van der Waals surface area contributed by atoms with E-state index in [1.165, 1.54) is 26.2 Å². The summed E-state index contributed by atoms with van der Waals surface area (Å²) in [6.45, 7) is 12.9. The second-order valence-electron chi connectivity index (χ2n) is 12.7. The van der Waals surface area contributed by atoms with Crippen LogP contribution in [0.2, 0.25) is 0 Å². The lowest BCUT2D eigenvalue weighted by Gasteiger charge is -2.67. The molecule has 0 amide bonds. The summed E-state index contributed by atoms with van der Waals surface area (Å²) in [6.07, 6.45) is 10.0. The summed E-state index contributed by atoms with van der Waals surface area (Å²) in [5, 5.41) is 11.9. The summed E-state index contributed by atoms with van der Waals surface area (Å²) in [5.41, 5.74) is 0.180. The summed E-state index contributed by atoms with van der Waals surface area (Å²) < 4.78 is 6.04. The molecule has 0 radical (unpaired) electrons. The number of ether oxygens (including phenoxy) is 1. The van der Waals surface area contributed by atoms with Crippen LogP contribution < -0.4 is 0 Å². The topological polar surface area (TPSA) is 63.6 Å². The molecule has 4 nitrogen and oxygen atoms in total. The first kappa shape index (κ1) is 23.0. The third-order valence-electron chi connectivity index (χ3n) is 10.00. The molecule has 4 aliphatic carbocycles. The molecule has 1 N–H and O–H groups in total. The predicted molar refractivity (Wildman–Crippen MR) is 121 cm³/mol. The van der Waals surface area contributed by atoms with Crippen LogP contribution in [0.1, 0.15) is 99.3 Å². The number of Topliss-reactive ketones (excluding diaryl/α,β-unsaturated/α-hetero) is 1. The zero-order valence-corrected chi connectivity index (χ0v) is 20.4. The summed E-state index contributed by atoms with van der Waals surface area (Å²) >= 11 is 0. The van der Waals surface area contributed by atoms with Crippen LogP contribution in [0.5, 0.6) is 0 Å². The van der Waals surface area contributed by atoms with E-state index in [-0.39, 0.29) is 40.0 Å². The molecule has 0 saturated heterocycles. The molecule has 0 spiro atoms. The van der Waals surface area contributed by atoms with Gasteiger partial charge < -0.3 is 9.84 Å². The monoisotopic (exact) mass is 430 g/mol. The van der Waals surface area contributed by atoms with Crippen molar-refractivity contribution in [3.63, 3.8) is 0 Å². The van der Waals surface area contributed by atoms with Gasteiger partial charge in [0.25, 0.3) is 0 Å². The number of hydrogen-bond donors (Lipinski definition) is 1. The van der Waals surface area contributed by atoms with Crippen LogP contribution >= 0.6 is 0 Å². The van der Waals surface area contributed by atoms with E-state index in [1.54, 1.807) is 0 Å². The molecule has 0 aromatic carbocycles. The van der Waals surface area contributed by atoms with Crippen molar-refractivity contribution in [3.8, 4) is 0 Å². The van der Waals surface area contributed by atoms with Gasteiger partial charge in [-0.15, -0.1) is 0 Å². The van der Waals surface area contributed by atoms with Crippen molar-refractivity contribution in [1.29, 1.82) is 0 Å². The molecule has 3 fully saturated rings. The van der Waals surface area contributed by atoms with Gasteiger partial charge in [-0.1, -0.05) is 40.2 Å². The number of esters is 1. The lowest BCUT2D eigenvalue weighted by molar-refractivity contribution is -0.233. The van der Waals surface area contributed by atoms with E-state index < -0.39 is 5.60 Å². The van der Waals surface area contributed by atoms with Crippen LogP contribution in [0.3, 0.4) is 0 Å². The van der Waals surface area contributed by atoms with Gasteiger partial charge in [0.15, 0.2) is 5.78 Å². The van der Waals surface area contributed by atoms with E-state index in [0.717, 1.165) is 31.3 Å². The van der Waals surface area contributed by atoms with E-state index in [4.69, 9.17) is 4.74 Å². The highest BCUT2D eigenvalue weighted by Gasteiger charge is 2.65. The Balaban J connectivity index is 1.68. The van der Waals surface area contributed by atoms with Crippen molar-refractivity contribution in [2.45, 2.75) is 111 Å². The summed E-state index contributed by atoms with van der Waals surface area (Å²) in [7, 11) is 0. The van der Waals surface area contributed by atoms with Crippen molar-refractivity contribution < 1.29 is 19.4 Å². The van der Waals surface area contributed by atoms with Crippen molar-refractivity contribution in [2.24, 2.45) is 34.0 Å². The molecule has 31 heavy (non-hydrogen) atoms. The summed E-state index contributed by atoms with van der Waals surface area (Å²) in [6, 6.07) is 0. The van der Waals surface area contributed by atoms with E-state index in [0.29, 0.717) is 24.7 Å². The molecule has 0 unspecified atom stereocenters. The highest BCUT2D eigenvalue weighted by molar-refractivity contribution is 5.95. The maximum atomic E-state index is 12.4. The van der Waals surface area contributed by atoms with Gasteiger partial charge in [0, 0.05) is 19.3 Å². The standard InChI is InChI=1S/C27H42O4/c1-17-8-9-19(14-20(17)29)27(30)13-10-22-25(5,16-27)15-21(31-18(2)28)23-24(3,4)11-7-12-26(22,23)6/h8,19,21-23,30H,7,9-16H2,1-6H3/t19-,21+,22-,23-,25-,26+,27+/m0/s1. The lowest BCUT2D eigenvalue weighted by atomic mass is 9.39. The number of ketones is 1. The fourth-order valence-electron chi connectivity index (χ4n) is 9.00. The average Bonchev–Trinajstić information content (AvgIpc) is 2.61. The minimum absolute atomic E-state index is 0.00183. The normalized spacial score (nSPS) is 47.1. The van der Waals surface area contributed by atoms with Gasteiger partial charge in [-0.2, -0.15) is 0 Å². The molecule has 0 heterocycles. The van der Waals surface area contributed by atoms with Crippen molar-refractivity contribution in [1.82, 2.24) is 0 Å². The first-order valence-corrected chi connectivity index (χ1v) is 12.4. The summed E-state index contributed by atoms with van der Waals surface area (Å²) in [4.78, 5) is 24.5. The van der Waals surface area contributed by atoms with E-state index in [9.17, 15) is 14.7 Å². The second-order valence-corrected chi connectivity index (χ2v) is 12.7. The van der Waals surface area contributed by atoms with Crippen LogP contribution in [0.25, 0.3) is 0 Å². The quantitative estimate of drug-likeness (QED) is 0.578. The Hall–Kier alpha value is -1.16. The van der Waals surface area contributed by atoms with Crippen LogP contribution in [-0.2, 0) is 14.3 Å². The van der Waals surface area contributed by atoms with E-state index in [1.807, 2.05) is 13.0 Å². The Bertz CT molecular complexity index is 797. The molecule has 0 aromatic rings. The van der Waals surface area contributed by atoms with Crippen molar-refractivity contribution in [3.05, 3.63) is 11.6 Å². The highest BCUT2D eigenvalue weighted by atomic mass is 16.5. The lowest BCUT2D eigenvalue weighted by Crippen LogP contribution is -2.64. The van der Waals surface area contributed by atoms with Crippen LogP contribution in [0.15, 0.2) is 11.6 Å². The average molecular weight is 431 g/mol. The number of fused-ring (bicyclic) bond motifs is 3. The molecule has 0 bridgehead atoms. The Labute approximate surface area is 188 Å². The summed E-state index contributed by atoms with van der Waals surface area (Å²) in [5.74, 6) is 0.846. The van der Waals surface area contributed by atoms with Crippen LogP contribution in [0.4, 0.5) is 0 Å². The van der Waals surface area contributed by atoms with Gasteiger partial charge >= 0.3 is 5.97 Å². The maximum Gasteiger partial charge on any atom is 0.302 e. The fourth-order valence-corrected chi connectivity index (χ4v) is 9.00. The molecule has 3 saturated carbocycles. The smallest absolute Gasteiger partial charge is 0.302 e. The molecule has 4 heteroatoms. The highest BCUT2D eigenvalue weighted by Crippen LogP contribution is 2.69. The second kappa shape index (κ2) is 7.43. The number of carbonyl (C=O) groups excluding carboxylic acids is 2. The molecule has 0 aromatic heterocycles. The molecule has 174 valence electrons. The third-order valence-corrected chi connectivity index (χ3v) is 10.00. The van der Waals surface area contributed by atoms with E-state index >= 15 is 0 Å². The van der Waals surface area contributed by atoms with Gasteiger partial charge in [-0.3, -0.25) is 9.59 Å². The number of allylic oxidation sites excluding steroid dienone is 2. The van der Waals surface area contributed by atoms with Crippen molar-refractivity contribution >= 4 is 11.8 Å². The molecular formula is C27H42O4. The first-order chi connectivity index (χ1) is 14.3. The molecule has 4 rings (SSSR count). The Morgan fingerprint density at radius 2 is 1.87 bits per heavy atom. The Kier molecular flexibility index (Phi) is 5.52. The zero-order chi connectivity index (χ0) is 22.8. The number of aliphatic hydroxyl groups is 1. The Morgan fingerprint density at radius 1 is 1.16 bits per heavy atom. The number of rotatable bonds is 2. The first-order valence-electron chi connectivity index (χ1n) is 12.4. The number of carbonyl (C=O) groups is 2. The van der Waals surface area contributed by atoms with Crippen LogP contribution in [-0.4, -0.2) is 28.6 Å². The van der Waals surface area contributed by atoms with Gasteiger partial charge in [-0.05, 0) is 85.5 Å². The zero-order valence-electron chi connectivity index (χ0n) is 20.4. The minimum Gasteiger partial charge on any atom is -0.462 e. The largest absolute Gasteiger partial charge is 0.462 e. The molecular weight excluding hydrogens is 388 g/mol. The van der Waals surface area contributed by atoms with Gasteiger partial charge in [-0.25, -0.2) is 0 Å². The molecule has 7 atom stereocenters. The molecule has 4 aliphatic rings.